The van der Waals surface area contributed by atoms with Crippen molar-refractivity contribution in [2.45, 2.75) is 26.7 Å². The molecule has 0 unspecified atom stereocenters. The molecule has 14 heavy (non-hydrogen) atoms. The quantitative estimate of drug-likeness (QED) is 0.662. The third-order valence-corrected chi connectivity index (χ3v) is 3.24. The summed E-state index contributed by atoms with van der Waals surface area (Å²) in [6.45, 7) is 4.01. The van der Waals surface area contributed by atoms with Crippen molar-refractivity contribution >= 4 is 15.9 Å². The van der Waals surface area contributed by atoms with Gasteiger partial charge in [-0.05, 0) is 11.3 Å². The van der Waals surface area contributed by atoms with Gasteiger partial charge in [0, 0.05) is 12.8 Å². The van der Waals surface area contributed by atoms with Crippen molar-refractivity contribution in [2.75, 3.05) is 12.9 Å². The first-order valence-corrected chi connectivity index (χ1v) is 6.38. The summed E-state index contributed by atoms with van der Waals surface area (Å²) in [6, 6.07) is 0. The summed E-state index contributed by atoms with van der Waals surface area (Å²) in [5.74, 6) is 0.513. The van der Waals surface area contributed by atoms with Crippen molar-refractivity contribution in [2.24, 2.45) is 11.3 Å². The second kappa shape index (κ2) is 3.62. The van der Waals surface area contributed by atoms with Crippen molar-refractivity contribution in [1.82, 2.24) is 0 Å². The molecule has 1 rings (SSSR count). The van der Waals surface area contributed by atoms with Crippen LogP contribution in [0.1, 0.15) is 26.7 Å². The van der Waals surface area contributed by atoms with E-state index in [9.17, 15) is 13.2 Å². The molecule has 1 fully saturated rings. The zero-order chi connectivity index (χ0) is 11.0. The van der Waals surface area contributed by atoms with Crippen LogP contribution in [0.5, 0.6) is 0 Å². The SMILES string of the molecule is CC(C)(COS(C)(=O)=O)C1CC(=O)C1. The van der Waals surface area contributed by atoms with E-state index in [1.54, 1.807) is 0 Å². The average Bonchev–Trinajstić information content (AvgIpc) is 1.94. The highest BCUT2D eigenvalue weighted by atomic mass is 32.2. The Morgan fingerprint density at radius 1 is 1.43 bits per heavy atom. The number of carbonyl (C=O) groups excluding carboxylic acids is 1. The van der Waals surface area contributed by atoms with Gasteiger partial charge in [-0.15, -0.1) is 0 Å². The lowest BCUT2D eigenvalue weighted by molar-refractivity contribution is -0.131. The summed E-state index contributed by atoms with van der Waals surface area (Å²) in [7, 11) is -3.37. The topological polar surface area (TPSA) is 60.4 Å². The van der Waals surface area contributed by atoms with E-state index in [4.69, 9.17) is 4.18 Å². The van der Waals surface area contributed by atoms with Gasteiger partial charge in [0.05, 0.1) is 12.9 Å². The van der Waals surface area contributed by atoms with E-state index in [1.807, 2.05) is 13.8 Å². The molecule has 1 saturated carbocycles. The monoisotopic (exact) mass is 220 g/mol. The van der Waals surface area contributed by atoms with E-state index in [0.29, 0.717) is 12.8 Å². The number of Topliss-reactive ketones (excluding diaryl/α,β-unsaturated/α-hetero) is 1. The van der Waals surface area contributed by atoms with Gasteiger partial charge in [-0.3, -0.25) is 8.98 Å². The fourth-order valence-electron chi connectivity index (χ4n) is 1.42. The largest absolute Gasteiger partial charge is 0.300 e. The Bertz CT molecular complexity index is 321. The summed E-state index contributed by atoms with van der Waals surface area (Å²) in [5.41, 5.74) is -0.239. The molecule has 4 nitrogen and oxygen atoms in total. The first-order valence-electron chi connectivity index (χ1n) is 4.57. The lowest BCUT2D eigenvalue weighted by Gasteiger charge is -2.38. The molecule has 0 atom stereocenters. The van der Waals surface area contributed by atoms with Crippen LogP contribution in [0.25, 0.3) is 0 Å². The minimum Gasteiger partial charge on any atom is -0.300 e. The van der Waals surface area contributed by atoms with Crippen molar-refractivity contribution in [1.29, 1.82) is 0 Å². The first kappa shape index (κ1) is 11.7. The fraction of sp³-hybridized carbons (Fsp3) is 0.889. The Labute approximate surface area is 84.8 Å². The van der Waals surface area contributed by atoms with Crippen LogP contribution in [0.3, 0.4) is 0 Å². The van der Waals surface area contributed by atoms with Crippen LogP contribution >= 0.6 is 0 Å². The summed E-state index contributed by atoms with van der Waals surface area (Å²) in [6.07, 6.45) is 2.15. The van der Waals surface area contributed by atoms with Gasteiger partial charge in [-0.2, -0.15) is 8.42 Å². The maximum atomic E-state index is 10.8. The first-order chi connectivity index (χ1) is 6.21. The molecule has 0 aromatic rings. The molecule has 0 bridgehead atoms. The van der Waals surface area contributed by atoms with Gasteiger partial charge in [-0.1, -0.05) is 13.8 Å². The highest BCUT2D eigenvalue weighted by molar-refractivity contribution is 7.85. The van der Waals surface area contributed by atoms with E-state index in [1.165, 1.54) is 0 Å². The summed E-state index contributed by atoms with van der Waals surface area (Å²) in [4.78, 5) is 10.8. The number of hydrogen-bond donors (Lipinski definition) is 0. The predicted octanol–water partition coefficient (Wildman–Crippen LogP) is 0.968. The summed E-state index contributed by atoms with van der Waals surface area (Å²) in [5, 5.41) is 0. The lowest BCUT2D eigenvalue weighted by atomic mass is 9.67. The molecule has 0 amide bonds. The maximum Gasteiger partial charge on any atom is 0.264 e. The third kappa shape index (κ3) is 3.06. The molecular formula is C9H16O4S. The molecule has 5 heteroatoms. The van der Waals surface area contributed by atoms with Gasteiger partial charge >= 0.3 is 0 Å². The molecular weight excluding hydrogens is 204 g/mol. The standard InChI is InChI=1S/C9H16O4S/c1-9(2,6-13-14(3,11)12)7-4-8(10)5-7/h7H,4-6H2,1-3H3. The smallest absolute Gasteiger partial charge is 0.264 e. The molecule has 1 aliphatic carbocycles. The molecule has 0 N–H and O–H groups in total. The van der Waals surface area contributed by atoms with Crippen LogP contribution < -0.4 is 0 Å². The molecule has 82 valence electrons. The van der Waals surface area contributed by atoms with Crippen LogP contribution in [-0.4, -0.2) is 27.1 Å². The fourth-order valence-corrected chi connectivity index (χ4v) is 1.94. The van der Waals surface area contributed by atoms with E-state index in [2.05, 4.69) is 0 Å². The Morgan fingerprint density at radius 2 is 1.93 bits per heavy atom. The molecule has 0 saturated heterocycles. The van der Waals surface area contributed by atoms with Crippen LogP contribution in [-0.2, 0) is 19.1 Å². The van der Waals surface area contributed by atoms with E-state index in [0.717, 1.165) is 6.26 Å². The summed E-state index contributed by atoms with van der Waals surface area (Å²) >= 11 is 0. The molecule has 0 aromatic carbocycles. The second-order valence-electron chi connectivity index (χ2n) is 4.60. The normalized spacial score (nSPS) is 19.5. The Kier molecular flexibility index (Phi) is 3.02. The summed E-state index contributed by atoms with van der Waals surface area (Å²) < 4.78 is 26.3. The van der Waals surface area contributed by atoms with Gasteiger partial charge < -0.3 is 0 Å². The van der Waals surface area contributed by atoms with Crippen molar-refractivity contribution in [3.63, 3.8) is 0 Å². The number of carbonyl (C=O) groups is 1. The Balaban J connectivity index is 2.46. The van der Waals surface area contributed by atoms with Crippen molar-refractivity contribution < 1.29 is 17.4 Å². The lowest BCUT2D eigenvalue weighted by Crippen LogP contribution is -2.39. The van der Waals surface area contributed by atoms with E-state index in [-0.39, 0.29) is 23.7 Å². The molecule has 0 radical (unpaired) electrons. The van der Waals surface area contributed by atoms with Gasteiger partial charge in [0.2, 0.25) is 0 Å². The predicted molar refractivity (Wildman–Crippen MR) is 52.3 cm³/mol. The Morgan fingerprint density at radius 3 is 2.29 bits per heavy atom. The molecule has 1 aliphatic rings. The number of ketones is 1. The van der Waals surface area contributed by atoms with Gasteiger partial charge in [0.1, 0.15) is 5.78 Å². The zero-order valence-corrected chi connectivity index (χ0v) is 9.56. The molecule has 0 spiro atoms. The maximum absolute atomic E-state index is 10.8. The van der Waals surface area contributed by atoms with E-state index >= 15 is 0 Å². The second-order valence-corrected chi connectivity index (χ2v) is 6.24. The van der Waals surface area contributed by atoms with Gasteiger partial charge in [-0.25, -0.2) is 0 Å². The number of hydrogen-bond acceptors (Lipinski definition) is 4. The highest BCUT2D eigenvalue weighted by Gasteiger charge is 2.39. The number of rotatable bonds is 4. The van der Waals surface area contributed by atoms with Crippen molar-refractivity contribution in [3.05, 3.63) is 0 Å². The average molecular weight is 220 g/mol. The molecule has 0 aliphatic heterocycles. The zero-order valence-electron chi connectivity index (χ0n) is 8.74. The van der Waals surface area contributed by atoms with Crippen molar-refractivity contribution in [3.8, 4) is 0 Å². The van der Waals surface area contributed by atoms with Crippen LogP contribution in [0.15, 0.2) is 0 Å². The third-order valence-electron chi connectivity index (χ3n) is 2.70. The van der Waals surface area contributed by atoms with Gasteiger partial charge in [0.25, 0.3) is 10.1 Å². The minimum atomic E-state index is -3.37. The van der Waals surface area contributed by atoms with Gasteiger partial charge in [0.15, 0.2) is 0 Å². The highest BCUT2D eigenvalue weighted by Crippen LogP contribution is 2.39. The van der Waals surface area contributed by atoms with Crippen LogP contribution in [0, 0.1) is 11.3 Å². The van der Waals surface area contributed by atoms with E-state index < -0.39 is 10.1 Å². The van der Waals surface area contributed by atoms with Crippen LogP contribution in [0.2, 0.25) is 0 Å². The molecule has 0 heterocycles. The minimum absolute atomic E-state index is 0.157. The molecule has 0 aromatic heterocycles. The van der Waals surface area contributed by atoms with Crippen LogP contribution in [0.4, 0.5) is 0 Å². The Hall–Kier alpha value is -0.420.